The molecule has 0 aliphatic heterocycles. The van der Waals surface area contributed by atoms with Crippen molar-refractivity contribution in [1.29, 1.82) is 0 Å². The zero-order chi connectivity index (χ0) is 12.5. The van der Waals surface area contributed by atoms with Gasteiger partial charge < -0.3 is 10.2 Å². The van der Waals surface area contributed by atoms with Crippen molar-refractivity contribution in [2.24, 2.45) is 5.73 Å². The summed E-state index contributed by atoms with van der Waals surface area (Å²) >= 11 is 0. The number of hydrogen-bond acceptors (Lipinski definition) is 4. The van der Waals surface area contributed by atoms with Gasteiger partial charge in [-0.2, -0.15) is 4.98 Å². The second-order valence-electron chi connectivity index (χ2n) is 3.87. The van der Waals surface area contributed by atoms with Crippen LogP contribution >= 0.6 is 0 Å². The van der Waals surface area contributed by atoms with Crippen molar-refractivity contribution in [1.82, 2.24) is 9.97 Å². The van der Waals surface area contributed by atoms with Crippen LogP contribution in [0.4, 0.5) is 4.39 Å². The molecule has 5 heteroatoms. The summed E-state index contributed by atoms with van der Waals surface area (Å²) in [6, 6.07) is 8.09. The summed E-state index contributed by atoms with van der Waals surface area (Å²) in [5.41, 5.74) is 8.04. The fraction of sp³-hybridized carbons (Fsp3) is 0.0769. The summed E-state index contributed by atoms with van der Waals surface area (Å²) in [7, 11) is 0. The number of hydrogen-bond donors (Lipinski definition) is 1. The molecule has 0 fully saturated rings. The number of fused-ring (bicyclic) bond motifs is 1. The highest BCUT2D eigenvalue weighted by atomic mass is 19.1. The van der Waals surface area contributed by atoms with Gasteiger partial charge >= 0.3 is 0 Å². The Balaban J connectivity index is 2.12. The molecule has 0 aliphatic carbocycles. The van der Waals surface area contributed by atoms with E-state index in [-0.39, 0.29) is 12.4 Å². The normalized spacial score (nSPS) is 11.0. The Labute approximate surface area is 102 Å². The monoisotopic (exact) mass is 243 g/mol. The van der Waals surface area contributed by atoms with Crippen molar-refractivity contribution in [3.05, 3.63) is 48.2 Å². The third-order valence-corrected chi connectivity index (χ3v) is 2.62. The summed E-state index contributed by atoms with van der Waals surface area (Å²) in [5.74, 6) is 0.154. The topological polar surface area (TPSA) is 64.9 Å². The van der Waals surface area contributed by atoms with Crippen molar-refractivity contribution in [2.75, 3.05) is 0 Å². The van der Waals surface area contributed by atoms with E-state index in [4.69, 9.17) is 10.2 Å². The first kappa shape index (κ1) is 10.9. The average molecular weight is 243 g/mol. The third-order valence-electron chi connectivity index (χ3n) is 2.62. The van der Waals surface area contributed by atoms with Crippen molar-refractivity contribution in [2.45, 2.75) is 6.54 Å². The van der Waals surface area contributed by atoms with Crippen LogP contribution in [0.1, 0.15) is 5.89 Å². The van der Waals surface area contributed by atoms with Crippen LogP contribution in [-0.2, 0) is 6.54 Å². The molecule has 0 bridgehead atoms. The van der Waals surface area contributed by atoms with Gasteiger partial charge in [0.05, 0.1) is 6.54 Å². The Kier molecular flexibility index (Phi) is 2.53. The molecule has 0 saturated carbocycles. The summed E-state index contributed by atoms with van der Waals surface area (Å²) in [4.78, 5) is 8.28. The maximum Gasteiger partial charge on any atom is 0.210 e. The lowest BCUT2D eigenvalue weighted by Gasteiger charge is -2.00. The van der Waals surface area contributed by atoms with Crippen LogP contribution in [0.15, 0.2) is 40.9 Å². The van der Waals surface area contributed by atoms with Crippen LogP contribution in [-0.4, -0.2) is 9.97 Å². The summed E-state index contributed by atoms with van der Waals surface area (Å²) < 4.78 is 18.6. The molecule has 0 amide bonds. The fourth-order valence-electron chi connectivity index (χ4n) is 1.78. The van der Waals surface area contributed by atoms with Gasteiger partial charge in [-0.3, -0.25) is 0 Å². The summed E-state index contributed by atoms with van der Waals surface area (Å²) in [6.07, 6.45) is 1.64. The predicted octanol–water partition coefficient (Wildman–Crippen LogP) is 2.49. The van der Waals surface area contributed by atoms with E-state index in [1.807, 2.05) is 6.07 Å². The molecule has 0 aliphatic rings. The maximum absolute atomic E-state index is 13.2. The van der Waals surface area contributed by atoms with Gasteiger partial charge in [-0.25, -0.2) is 9.37 Å². The van der Waals surface area contributed by atoms with Crippen molar-refractivity contribution < 1.29 is 8.81 Å². The van der Waals surface area contributed by atoms with E-state index in [9.17, 15) is 4.39 Å². The van der Waals surface area contributed by atoms with E-state index in [2.05, 4.69) is 9.97 Å². The minimum Gasteiger partial charge on any atom is -0.438 e. The van der Waals surface area contributed by atoms with E-state index >= 15 is 0 Å². The molecule has 2 heterocycles. The van der Waals surface area contributed by atoms with Gasteiger partial charge in [-0.15, -0.1) is 0 Å². The Morgan fingerprint density at radius 1 is 1.22 bits per heavy atom. The number of aromatic nitrogens is 2. The maximum atomic E-state index is 13.2. The van der Waals surface area contributed by atoms with Crippen LogP contribution in [0.5, 0.6) is 0 Å². The smallest absolute Gasteiger partial charge is 0.210 e. The molecule has 3 aromatic rings. The highest BCUT2D eigenvalue weighted by Crippen LogP contribution is 2.23. The van der Waals surface area contributed by atoms with Crippen LogP contribution in [0, 0.1) is 5.82 Å². The molecule has 2 aromatic heterocycles. The molecule has 3 rings (SSSR count). The largest absolute Gasteiger partial charge is 0.438 e. The quantitative estimate of drug-likeness (QED) is 0.751. The van der Waals surface area contributed by atoms with Gasteiger partial charge in [-0.05, 0) is 23.8 Å². The molecule has 0 radical (unpaired) electrons. The number of oxazole rings is 1. The molecule has 4 nitrogen and oxygen atoms in total. The van der Waals surface area contributed by atoms with Crippen LogP contribution in [0.2, 0.25) is 0 Å². The number of rotatable bonds is 2. The van der Waals surface area contributed by atoms with Crippen LogP contribution < -0.4 is 5.73 Å². The zero-order valence-corrected chi connectivity index (χ0v) is 9.43. The molecule has 18 heavy (non-hydrogen) atoms. The van der Waals surface area contributed by atoms with E-state index in [1.165, 1.54) is 12.1 Å². The second-order valence-corrected chi connectivity index (χ2v) is 3.87. The van der Waals surface area contributed by atoms with Gasteiger partial charge in [0.2, 0.25) is 5.89 Å². The Bertz CT molecular complexity index is 708. The molecular weight excluding hydrogens is 233 g/mol. The van der Waals surface area contributed by atoms with E-state index < -0.39 is 0 Å². The number of benzene rings is 1. The van der Waals surface area contributed by atoms with Gasteiger partial charge in [0.25, 0.3) is 0 Å². The van der Waals surface area contributed by atoms with Gasteiger partial charge in [0, 0.05) is 11.8 Å². The average Bonchev–Trinajstić information content (AvgIpc) is 2.80. The van der Waals surface area contributed by atoms with Gasteiger partial charge in [0.1, 0.15) is 5.82 Å². The summed E-state index contributed by atoms with van der Waals surface area (Å²) in [5, 5.41) is 0. The predicted molar refractivity (Wildman–Crippen MR) is 65.1 cm³/mol. The SMILES string of the molecule is NCc1nc2ncc(-c3cccc(F)c3)cc2o1. The fourth-order valence-corrected chi connectivity index (χ4v) is 1.78. The molecular formula is C13H10FN3O. The molecule has 0 atom stereocenters. The Hall–Kier alpha value is -2.27. The van der Waals surface area contributed by atoms with Crippen LogP contribution in [0.3, 0.4) is 0 Å². The second kappa shape index (κ2) is 4.19. The first-order valence-corrected chi connectivity index (χ1v) is 5.48. The van der Waals surface area contributed by atoms with E-state index in [0.29, 0.717) is 17.1 Å². The lowest BCUT2D eigenvalue weighted by Crippen LogP contribution is -1.95. The first-order chi connectivity index (χ1) is 8.76. The zero-order valence-electron chi connectivity index (χ0n) is 9.43. The molecule has 2 N–H and O–H groups in total. The molecule has 0 unspecified atom stereocenters. The molecule has 90 valence electrons. The van der Waals surface area contributed by atoms with E-state index in [1.54, 1.807) is 18.3 Å². The first-order valence-electron chi connectivity index (χ1n) is 5.48. The molecule has 0 saturated heterocycles. The highest BCUT2D eigenvalue weighted by Gasteiger charge is 2.07. The standard InChI is InChI=1S/C13H10FN3O/c14-10-3-1-2-8(4-10)9-5-11-13(16-7-9)17-12(6-15)18-11/h1-5,7H,6,15H2. The van der Waals surface area contributed by atoms with Gasteiger partial charge in [-0.1, -0.05) is 12.1 Å². The number of pyridine rings is 1. The lowest BCUT2D eigenvalue weighted by atomic mass is 10.1. The Morgan fingerprint density at radius 2 is 2.11 bits per heavy atom. The molecule has 1 aromatic carbocycles. The molecule has 0 spiro atoms. The number of nitrogens with zero attached hydrogens (tertiary/aromatic N) is 2. The van der Waals surface area contributed by atoms with Crippen molar-refractivity contribution in [3.63, 3.8) is 0 Å². The minimum atomic E-state index is -0.284. The Morgan fingerprint density at radius 3 is 2.89 bits per heavy atom. The number of nitrogens with two attached hydrogens (primary N) is 1. The van der Waals surface area contributed by atoms with Crippen LogP contribution in [0.25, 0.3) is 22.4 Å². The third kappa shape index (κ3) is 1.84. The summed E-state index contributed by atoms with van der Waals surface area (Å²) in [6.45, 7) is 0.228. The van der Waals surface area contributed by atoms with Gasteiger partial charge in [0.15, 0.2) is 11.2 Å². The number of halogens is 1. The lowest BCUT2D eigenvalue weighted by molar-refractivity contribution is 0.533. The van der Waals surface area contributed by atoms with Crippen molar-refractivity contribution >= 4 is 11.2 Å². The van der Waals surface area contributed by atoms with E-state index in [0.717, 1.165) is 11.1 Å². The van der Waals surface area contributed by atoms with Crippen molar-refractivity contribution in [3.8, 4) is 11.1 Å². The minimum absolute atomic E-state index is 0.228. The highest BCUT2D eigenvalue weighted by molar-refractivity contribution is 5.76.